The number of aromatic hydroxyl groups is 3. The van der Waals surface area contributed by atoms with Crippen LogP contribution in [0, 0.1) is 0 Å². The van der Waals surface area contributed by atoms with Gasteiger partial charge in [-0.25, -0.2) is 0 Å². The van der Waals surface area contributed by atoms with Gasteiger partial charge in [0.2, 0.25) is 0 Å². The van der Waals surface area contributed by atoms with Crippen LogP contribution in [0.15, 0.2) is 36.4 Å². The molecule has 2 aromatic rings. The monoisotopic (exact) mass is 230 g/mol. The Balaban J connectivity index is 2.49. The first-order valence-electron chi connectivity index (χ1n) is 5.46. The van der Waals surface area contributed by atoms with Crippen molar-refractivity contribution in [3.8, 4) is 28.4 Å². The Hall–Kier alpha value is -2.16. The Kier molecular flexibility index (Phi) is 2.91. The summed E-state index contributed by atoms with van der Waals surface area (Å²) in [5.41, 5.74) is 2.35. The number of rotatable bonds is 2. The molecule has 0 atom stereocenters. The molecule has 3 N–H and O–H groups in total. The Morgan fingerprint density at radius 1 is 0.824 bits per heavy atom. The number of hydrogen-bond acceptors (Lipinski definition) is 3. The van der Waals surface area contributed by atoms with E-state index in [1.54, 1.807) is 18.2 Å². The van der Waals surface area contributed by atoms with Gasteiger partial charge in [-0.05, 0) is 35.7 Å². The number of phenolic OH excluding ortho intramolecular Hbond substituents is 3. The van der Waals surface area contributed by atoms with E-state index in [9.17, 15) is 15.3 Å². The molecule has 0 saturated carbocycles. The van der Waals surface area contributed by atoms with Crippen LogP contribution in [-0.2, 0) is 6.42 Å². The van der Waals surface area contributed by atoms with E-state index >= 15 is 0 Å². The van der Waals surface area contributed by atoms with Crippen molar-refractivity contribution in [2.24, 2.45) is 0 Å². The zero-order valence-corrected chi connectivity index (χ0v) is 9.51. The van der Waals surface area contributed by atoms with E-state index < -0.39 is 0 Å². The fourth-order valence-corrected chi connectivity index (χ4v) is 1.73. The van der Waals surface area contributed by atoms with E-state index in [-0.39, 0.29) is 17.2 Å². The average molecular weight is 230 g/mol. The van der Waals surface area contributed by atoms with Crippen molar-refractivity contribution in [3.05, 3.63) is 42.0 Å². The van der Waals surface area contributed by atoms with Crippen LogP contribution in [-0.4, -0.2) is 15.3 Å². The summed E-state index contributed by atoms with van der Waals surface area (Å²) < 4.78 is 0. The Morgan fingerprint density at radius 2 is 1.59 bits per heavy atom. The molecule has 3 nitrogen and oxygen atoms in total. The minimum absolute atomic E-state index is 0.168. The molecular weight excluding hydrogens is 216 g/mol. The molecule has 0 saturated heterocycles. The highest BCUT2D eigenvalue weighted by atomic mass is 16.3. The molecule has 0 radical (unpaired) electrons. The van der Waals surface area contributed by atoms with E-state index in [4.69, 9.17) is 0 Å². The summed E-state index contributed by atoms with van der Waals surface area (Å²) in [5, 5.41) is 28.5. The predicted octanol–water partition coefficient (Wildman–Crippen LogP) is 3.03. The Labute approximate surface area is 99.6 Å². The summed E-state index contributed by atoms with van der Waals surface area (Å²) in [6.07, 6.45) is 0.856. The molecule has 0 unspecified atom stereocenters. The van der Waals surface area contributed by atoms with Crippen LogP contribution in [0.4, 0.5) is 0 Å². The molecule has 0 fully saturated rings. The SMILES string of the molecule is CCc1ccc(-c2ccc(O)c(O)c2)c(O)c1. The van der Waals surface area contributed by atoms with Gasteiger partial charge in [-0.1, -0.05) is 25.1 Å². The summed E-state index contributed by atoms with van der Waals surface area (Å²) in [6, 6.07) is 9.92. The summed E-state index contributed by atoms with van der Waals surface area (Å²) in [7, 11) is 0. The molecule has 88 valence electrons. The van der Waals surface area contributed by atoms with Gasteiger partial charge in [0, 0.05) is 5.56 Å². The number of benzene rings is 2. The largest absolute Gasteiger partial charge is 0.507 e. The lowest BCUT2D eigenvalue weighted by Crippen LogP contribution is -1.83. The predicted molar refractivity (Wildman–Crippen MR) is 66.3 cm³/mol. The first-order chi connectivity index (χ1) is 8.11. The van der Waals surface area contributed by atoms with Crippen LogP contribution >= 0.6 is 0 Å². The maximum Gasteiger partial charge on any atom is 0.158 e. The number of phenols is 3. The van der Waals surface area contributed by atoms with Crippen LogP contribution in [0.3, 0.4) is 0 Å². The van der Waals surface area contributed by atoms with Crippen LogP contribution in [0.1, 0.15) is 12.5 Å². The zero-order chi connectivity index (χ0) is 12.4. The topological polar surface area (TPSA) is 60.7 Å². The van der Waals surface area contributed by atoms with Crippen molar-refractivity contribution < 1.29 is 15.3 Å². The molecule has 0 bridgehead atoms. The molecule has 0 heterocycles. The van der Waals surface area contributed by atoms with E-state index in [2.05, 4.69) is 0 Å². The minimum Gasteiger partial charge on any atom is -0.507 e. The maximum absolute atomic E-state index is 9.89. The normalized spacial score (nSPS) is 10.4. The summed E-state index contributed by atoms with van der Waals surface area (Å²) >= 11 is 0. The van der Waals surface area contributed by atoms with Gasteiger partial charge >= 0.3 is 0 Å². The van der Waals surface area contributed by atoms with Gasteiger partial charge < -0.3 is 15.3 Å². The molecular formula is C14H14O3. The third kappa shape index (κ3) is 2.18. The highest BCUT2D eigenvalue weighted by Crippen LogP contribution is 2.35. The summed E-state index contributed by atoms with van der Waals surface area (Å²) in [6.45, 7) is 2.01. The molecule has 0 aliphatic rings. The fraction of sp³-hybridized carbons (Fsp3) is 0.143. The molecule has 2 aromatic carbocycles. The van der Waals surface area contributed by atoms with Crippen molar-refractivity contribution >= 4 is 0 Å². The number of hydrogen-bond donors (Lipinski definition) is 3. The van der Waals surface area contributed by atoms with Gasteiger partial charge in [-0.3, -0.25) is 0 Å². The Bertz CT molecular complexity index is 547. The highest BCUT2D eigenvalue weighted by molar-refractivity contribution is 5.72. The average Bonchev–Trinajstić information content (AvgIpc) is 2.32. The van der Waals surface area contributed by atoms with Gasteiger partial charge in [-0.15, -0.1) is 0 Å². The van der Waals surface area contributed by atoms with Crippen LogP contribution in [0.2, 0.25) is 0 Å². The quantitative estimate of drug-likeness (QED) is 0.695. The van der Waals surface area contributed by atoms with E-state index in [1.807, 2.05) is 13.0 Å². The lowest BCUT2D eigenvalue weighted by atomic mass is 10.0. The summed E-state index contributed by atoms with van der Waals surface area (Å²) in [4.78, 5) is 0. The van der Waals surface area contributed by atoms with Crippen LogP contribution in [0.25, 0.3) is 11.1 Å². The van der Waals surface area contributed by atoms with Gasteiger partial charge in [0.25, 0.3) is 0 Å². The third-order valence-electron chi connectivity index (χ3n) is 2.76. The third-order valence-corrected chi connectivity index (χ3v) is 2.76. The second-order valence-electron chi connectivity index (χ2n) is 3.91. The standard InChI is InChI=1S/C14H14O3/c1-2-9-3-5-11(13(16)7-9)10-4-6-12(15)14(17)8-10/h3-8,15-17H,2H2,1H3. The van der Waals surface area contributed by atoms with E-state index in [1.165, 1.54) is 12.1 Å². The molecule has 0 aromatic heterocycles. The molecule has 0 aliphatic heterocycles. The molecule has 17 heavy (non-hydrogen) atoms. The molecule has 3 heteroatoms. The second-order valence-corrected chi connectivity index (χ2v) is 3.91. The Morgan fingerprint density at radius 3 is 2.18 bits per heavy atom. The highest BCUT2D eigenvalue weighted by Gasteiger charge is 2.07. The van der Waals surface area contributed by atoms with Crippen molar-refractivity contribution in [2.45, 2.75) is 13.3 Å². The maximum atomic E-state index is 9.89. The smallest absolute Gasteiger partial charge is 0.158 e. The first-order valence-corrected chi connectivity index (χ1v) is 5.46. The van der Waals surface area contributed by atoms with Gasteiger partial charge in [0.15, 0.2) is 11.5 Å². The van der Waals surface area contributed by atoms with E-state index in [0.717, 1.165) is 12.0 Å². The van der Waals surface area contributed by atoms with Crippen molar-refractivity contribution in [1.82, 2.24) is 0 Å². The van der Waals surface area contributed by atoms with Gasteiger partial charge in [0.1, 0.15) is 5.75 Å². The lowest BCUT2D eigenvalue weighted by Gasteiger charge is -2.07. The van der Waals surface area contributed by atoms with Crippen molar-refractivity contribution in [1.29, 1.82) is 0 Å². The van der Waals surface area contributed by atoms with Crippen molar-refractivity contribution in [3.63, 3.8) is 0 Å². The zero-order valence-electron chi connectivity index (χ0n) is 9.51. The van der Waals surface area contributed by atoms with Crippen LogP contribution in [0.5, 0.6) is 17.2 Å². The van der Waals surface area contributed by atoms with Gasteiger partial charge in [0.05, 0.1) is 0 Å². The van der Waals surface area contributed by atoms with Crippen LogP contribution < -0.4 is 0 Å². The van der Waals surface area contributed by atoms with E-state index in [0.29, 0.717) is 11.1 Å². The molecule has 0 amide bonds. The fourth-order valence-electron chi connectivity index (χ4n) is 1.73. The van der Waals surface area contributed by atoms with Gasteiger partial charge in [-0.2, -0.15) is 0 Å². The van der Waals surface area contributed by atoms with Crippen molar-refractivity contribution in [2.75, 3.05) is 0 Å². The molecule has 0 spiro atoms. The second kappa shape index (κ2) is 4.37. The lowest BCUT2D eigenvalue weighted by molar-refractivity contribution is 0.404. The summed E-state index contributed by atoms with van der Waals surface area (Å²) in [5.74, 6) is -0.186. The molecule has 2 rings (SSSR count). The minimum atomic E-state index is -0.193. The molecule has 0 aliphatic carbocycles. The first kappa shape index (κ1) is 11.3. The number of aryl methyl sites for hydroxylation is 1.